The summed E-state index contributed by atoms with van der Waals surface area (Å²) in [6.45, 7) is 21.2. The van der Waals surface area contributed by atoms with Gasteiger partial charge in [-0.05, 0) is 75.3 Å². The molecule has 1 N–H and O–H groups in total. The molecule has 0 radical (unpaired) electrons. The predicted octanol–water partition coefficient (Wildman–Crippen LogP) is 6.66. The molecule has 9 heteroatoms. The zero-order valence-electron chi connectivity index (χ0n) is 29.9. The van der Waals surface area contributed by atoms with Gasteiger partial charge in [0.25, 0.3) is 0 Å². The highest BCUT2D eigenvalue weighted by Crippen LogP contribution is 2.67. The lowest BCUT2D eigenvalue weighted by atomic mass is 9.70. The van der Waals surface area contributed by atoms with Crippen LogP contribution in [0, 0.1) is 17.3 Å². The molecule has 3 fully saturated rings. The molecular weight excluding hydrogens is 635 g/mol. The van der Waals surface area contributed by atoms with Crippen molar-refractivity contribution in [3.05, 3.63) is 85.5 Å². The van der Waals surface area contributed by atoms with Gasteiger partial charge in [0, 0.05) is 29.6 Å². The average molecular weight is 688 g/mol. The summed E-state index contributed by atoms with van der Waals surface area (Å²) in [6.07, 6.45) is 5.52. The fraction of sp³-hybridized carbons (Fsp3) is 0.525. The lowest BCUT2D eigenvalue weighted by molar-refractivity contribution is -0.149. The SMILES string of the molecule is C=CCN(C(=O)[C@@H]1[C@@H]2CCC3(S2)C(C(=O)N(CC=C)C(C)(C)CC(C)(C)C)N([C@H](CO)c2ccccc2)C(=O)[C@H]13)c1ccc(OCC)cc1. The number of aliphatic hydroxyl groups excluding tert-OH is 1. The number of aliphatic hydroxyl groups is 1. The van der Waals surface area contributed by atoms with Crippen molar-refractivity contribution >= 4 is 35.2 Å². The number of hydrogen-bond acceptors (Lipinski definition) is 6. The summed E-state index contributed by atoms with van der Waals surface area (Å²) in [5.74, 6) is -1.19. The van der Waals surface area contributed by atoms with Gasteiger partial charge in [0.1, 0.15) is 11.8 Å². The molecule has 3 aliphatic heterocycles. The van der Waals surface area contributed by atoms with Crippen LogP contribution < -0.4 is 9.64 Å². The van der Waals surface area contributed by atoms with E-state index < -0.39 is 34.2 Å². The number of thioether (sulfide) groups is 1. The van der Waals surface area contributed by atoms with E-state index in [1.165, 1.54) is 0 Å². The Balaban J connectivity index is 1.62. The second-order valence-electron chi connectivity index (χ2n) is 15.4. The largest absolute Gasteiger partial charge is 0.494 e. The summed E-state index contributed by atoms with van der Waals surface area (Å²) < 4.78 is 4.81. The standard InChI is InChI=1S/C40H53N3O5S/c1-9-23-41(28-17-19-29(20-18-28)48-11-3)35(45)32-31-21-22-40(49-31)33(32)36(46)43(30(25-44)27-15-13-12-14-16-27)34(40)37(47)42(24-10-2)39(7,8)26-38(4,5)6/h9-10,12-20,30-34,44H,1-2,11,21-26H2,3-8H3/t30-,31+,32-,33+,34?,40?/m1/s1. The van der Waals surface area contributed by atoms with E-state index in [2.05, 4.69) is 47.8 Å². The number of amides is 3. The summed E-state index contributed by atoms with van der Waals surface area (Å²) in [6, 6.07) is 15.2. The van der Waals surface area contributed by atoms with Gasteiger partial charge < -0.3 is 24.5 Å². The minimum absolute atomic E-state index is 0.0690. The van der Waals surface area contributed by atoms with Crippen LogP contribution in [-0.4, -0.2) is 80.5 Å². The molecule has 2 aromatic carbocycles. The van der Waals surface area contributed by atoms with Gasteiger partial charge in [-0.25, -0.2) is 0 Å². The lowest BCUT2D eigenvalue weighted by Crippen LogP contribution is -2.60. The quantitative estimate of drug-likeness (QED) is 0.224. The average Bonchev–Trinajstić information content (AvgIpc) is 3.70. The first-order chi connectivity index (χ1) is 23.2. The molecule has 2 unspecified atom stereocenters. The molecule has 6 atom stereocenters. The number of rotatable bonds is 14. The zero-order valence-corrected chi connectivity index (χ0v) is 30.7. The van der Waals surface area contributed by atoms with Crippen LogP contribution in [0.25, 0.3) is 0 Å². The number of ether oxygens (including phenoxy) is 1. The van der Waals surface area contributed by atoms with Crippen molar-refractivity contribution in [2.45, 2.75) is 88.4 Å². The van der Waals surface area contributed by atoms with E-state index in [0.717, 1.165) is 18.4 Å². The van der Waals surface area contributed by atoms with Crippen molar-refractivity contribution in [2.24, 2.45) is 17.3 Å². The van der Waals surface area contributed by atoms with Gasteiger partial charge in [-0.15, -0.1) is 24.9 Å². The van der Waals surface area contributed by atoms with Crippen LogP contribution in [0.4, 0.5) is 5.69 Å². The molecule has 0 saturated carbocycles. The molecule has 3 heterocycles. The molecule has 2 bridgehead atoms. The third-order valence-corrected chi connectivity index (χ3v) is 12.2. The summed E-state index contributed by atoms with van der Waals surface area (Å²) in [5, 5.41) is 10.8. The van der Waals surface area contributed by atoms with Crippen LogP contribution in [0.3, 0.4) is 0 Å². The van der Waals surface area contributed by atoms with Gasteiger partial charge in [0.2, 0.25) is 17.7 Å². The van der Waals surface area contributed by atoms with Crippen molar-refractivity contribution in [1.82, 2.24) is 9.80 Å². The highest BCUT2D eigenvalue weighted by molar-refractivity contribution is 8.02. The molecule has 0 aliphatic carbocycles. The van der Waals surface area contributed by atoms with E-state index >= 15 is 9.59 Å². The minimum atomic E-state index is -0.868. The van der Waals surface area contributed by atoms with E-state index in [4.69, 9.17) is 4.74 Å². The molecule has 1 spiro atoms. The monoisotopic (exact) mass is 687 g/mol. The highest BCUT2D eigenvalue weighted by Gasteiger charge is 2.75. The molecule has 3 aliphatic rings. The normalized spacial score (nSPS) is 25.1. The number of hydrogen-bond donors (Lipinski definition) is 1. The number of benzene rings is 2. The molecule has 8 nitrogen and oxygen atoms in total. The first-order valence-electron chi connectivity index (χ1n) is 17.5. The van der Waals surface area contributed by atoms with Gasteiger partial charge in [0.05, 0.1) is 35.8 Å². The second kappa shape index (κ2) is 14.4. The van der Waals surface area contributed by atoms with Crippen LogP contribution in [-0.2, 0) is 14.4 Å². The Morgan fingerprint density at radius 3 is 2.27 bits per heavy atom. The van der Waals surface area contributed by atoms with Crippen molar-refractivity contribution in [1.29, 1.82) is 0 Å². The Morgan fingerprint density at radius 2 is 1.69 bits per heavy atom. The molecule has 0 aromatic heterocycles. The van der Waals surface area contributed by atoms with Crippen molar-refractivity contribution in [3.8, 4) is 5.75 Å². The molecule has 5 rings (SSSR count). The van der Waals surface area contributed by atoms with E-state index in [0.29, 0.717) is 31.0 Å². The van der Waals surface area contributed by atoms with Gasteiger partial charge >= 0.3 is 0 Å². The fourth-order valence-corrected chi connectivity index (χ4v) is 11.0. The molecular formula is C40H53N3O5S. The molecule has 3 saturated heterocycles. The Labute approximate surface area is 296 Å². The Hall–Kier alpha value is -3.56. The second-order valence-corrected chi connectivity index (χ2v) is 17.0. The maximum atomic E-state index is 15.3. The number of likely N-dealkylation sites (tertiary alicyclic amines) is 1. The van der Waals surface area contributed by atoms with Crippen LogP contribution in [0.5, 0.6) is 5.75 Å². The number of nitrogens with zero attached hydrogens (tertiary/aromatic N) is 3. The van der Waals surface area contributed by atoms with Crippen LogP contribution in [0.15, 0.2) is 79.9 Å². The highest BCUT2D eigenvalue weighted by atomic mass is 32.2. The maximum Gasteiger partial charge on any atom is 0.247 e. The van der Waals surface area contributed by atoms with Gasteiger partial charge in [-0.1, -0.05) is 63.3 Å². The van der Waals surface area contributed by atoms with Crippen LogP contribution in [0.2, 0.25) is 0 Å². The maximum absolute atomic E-state index is 15.3. The van der Waals surface area contributed by atoms with Crippen molar-refractivity contribution in [2.75, 3.05) is 31.2 Å². The topological polar surface area (TPSA) is 90.4 Å². The Bertz CT molecular complexity index is 1540. The number of carbonyl (C=O) groups is 3. The van der Waals surface area contributed by atoms with E-state index in [1.54, 1.807) is 33.7 Å². The first-order valence-corrected chi connectivity index (χ1v) is 18.4. The van der Waals surface area contributed by atoms with Crippen molar-refractivity contribution < 1.29 is 24.2 Å². The van der Waals surface area contributed by atoms with Gasteiger partial charge in [0.15, 0.2) is 0 Å². The molecule has 264 valence electrons. The van der Waals surface area contributed by atoms with E-state index in [-0.39, 0.29) is 41.5 Å². The summed E-state index contributed by atoms with van der Waals surface area (Å²) in [4.78, 5) is 50.4. The lowest BCUT2D eigenvalue weighted by Gasteiger charge is -2.46. The Kier molecular flexibility index (Phi) is 10.8. The minimum Gasteiger partial charge on any atom is -0.494 e. The van der Waals surface area contributed by atoms with Crippen LogP contribution in [0.1, 0.15) is 72.4 Å². The molecule has 2 aromatic rings. The van der Waals surface area contributed by atoms with E-state index in [9.17, 15) is 9.90 Å². The predicted molar refractivity (Wildman–Crippen MR) is 197 cm³/mol. The Morgan fingerprint density at radius 1 is 1.04 bits per heavy atom. The third kappa shape index (κ3) is 6.81. The number of anilines is 1. The smallest absolute Gasteiger partial charge is 0.247 e. The third-order valence-electron chi connectivity index (χ3n) is 10.3. The summed E-state index contributed by atoms with van der Waals surface area (Å²) in [7, 11) is 0. The van der Waals surface area contributed by atoms with Crippen LogP contribution >= 0.6 is 11.8 Å². The fourth-order valence-electron chi connectivity index (χ4n) is 8.84. The van der Waals surface area contributed by atoms with Gasteiger partial charge in [-0.3, -0.25) is 14.4 Å². The molecule has 49 heavy (non-hydrogen) atoms. The van der Waals surface area contributed by atoms with Crippen molar-refractivity contribution in [3.63, 3.8) is 0 Å². The number of fused-ring (bicyclic) bond motifs is 1. The first kappa shape index (κ1) is 36.7. The summed E-state index contributed by atoms with van der Waals surface area (Å²) >= 11 is 1.64. The zero-order chi connectivity index (χ0) is 35.7. The number of carbonyl (C=O) groups excluding carboxylic acids is 3. The van der Waals surface area contributed by atoms with Gasteiger partial charge in [-0.2, -0.15) is 0 Å². The van der Waals surface area contributed by atoms with E-state index in [1.807, 2.05) is 66.4 Å². The summed E-state index contributed by atoms with van der Waals surface area (Å²) in [5.41, 5.74) is 0.824. The molecule has 3 amide bonds.